The first-order chi connectivity index (χ1) is 19.7. The van der Waals surface area contributed by atoms with Crippen LogP contribution >= 0.6 is 0 Å². The Balaban J connectivity index is 1.37. The van der Waals surface area contributed by atoms with Gasteiger partial charge in [-0.15, -0.1) is 0 Å². The van der Waals surface area contributed by atoms with Crippen molar-refractivity contribution in [1.82, 2.24) is 15.5 Å². The van der Waals surface area contributed by atoms with Crippen LogP contribution in [0.4, 0.5) is 18.9 Å². The van der Waals surface area contributed by atoms with Crippen molar-refractivity contribution in [2.45, 2.75) is 64.3 Å². The van der Waals surface area contributed by atoms with Crippen molar-refractivity contribution in [3.63, 3.8) is 0 Å². The van der Waals surface area contributed by atoms with Gasteiger partial charge in [0.1, 0.15) is 18.1 Å². The molecule has 0 radical (unpaired) electrons. The minimum atomic E-state index is -5.18. The predicted octanol–water partition coefficient (Wildman–Crippen LogP) is 2.94. The Hall–Kier alpha value is -3.88. The largest absolute Gasteiger partial charge is 0.471 e. The number of likely N-dealkylation sites (tertiary alicyclic amines) is 1. The van der Waals surface area contributed by atoms with Crippen molar-refractivity contribution in [2.75, 3.05) is 11.9 Å². The average molecular weight is 586 g/mol. The minimum absolute atomic E-state index is 0.00700. The number of benzene rings is 1. The van der Waals surface area contributed by atoms with Gasteiger partial charge < -0.3 is 20.9 Å². The lowest BCUT2D eigenvalue weighted by Crippen LogP contribution is -2.60. The number of amides is 4. The Morgan fingerprint density at radius 1 is 1.12 bits per heavy atom. The molecule has 0 spiro atoms. The maximum atomic E-state index is 13.9. The first-order valence-corrected chi connectivity index (χ1v) is 14.1. The number of nitriles is 1. The van der Waals surface area contributed by atoms with Crippen molar-refractivity contribution in [3.05, 3.63) is 42.0 Å². The van der Waals surface area contributed by atoms with Crippen LogP contribution in [-0.2, 0) is 25.6 Å². The molecule has 2 aliphatic heterocycles. The molecule has 4 amide bonds. The maximum absolute atomic E-state index is 13.9. The third-order valence-corrected chi connectivity index (χ3v) is 9.10. The smallest absolute Gasteiger partial charge is 0.339 e. The normalized spacial score (nSPS) is 29.2. The first-order valence-electron chi connectivity index (χ1n) is 14.1. The van der Waals surface area contributed by atoms with Gasteiger partial charge in [-0.1, -0.05) is 51.1 Å². The Morgan fingerprint density at radius 3 is 2.48 bits per heavy atom. The summed E-state index contributed by atoms with van der Waals surface area (Å²) in [6, 6.07) is 5.79. The van der Waals surface area contributed by atoms with E-state index in [4.69, 9.17) is 0 Å². The molecule has 4 aliphatic rings. The second kappa shape index (κ2) is 10.7. The zero-order chi connectivity index (χ0) is 30.6. The summed E-state index contributed by atoms with van der Waals surface area (Å²) in [6.07, 6.45) is 0.150. The van der Waals surface area contributed by atoms with Crippen LogP contribution in [0.2, 0.25) is 0 Å². The Labute approximate surface area is 241 Å². The van der Waals surface area contributed by atoms with E-state index >= 15 is 0 Å². The quantitative estimate of drug-likeness (QED) is 0.442. The summed E-state index contributed by atoms with van der Waals surface area (Å²) in [5, 5.41) is 17.4. The number of nitrogens with one attached hydrogen (secondary N) is 3. The molecule has 12 heteroatoms. The molecule has 1 saturated heterocycles. The number of fused-ring (bicyclic) bond motifs is 6. The Bertz CT molecular complexity index is 1360. The van der Waals surface area contributed by atoms with E-state index in [0.29, 0.717) is 12.1 Å². The number of halogens is 3. The summed E-state index contributed by atoms with van der Waals surface area (Å²) in [4.78, 5) is 53.7. The van der Waals surface area contributed by atoms with E-state index in [1.54, 1.807) is 26.8 Å². The molecule has 224 valence electrons. The molecule has 3 N–H and O–H groups in total. The molecule has 2 bridgehead atoms. The van der Waals surface area contributed by atoms with Gasteiger partial charge in [-0.25, -0.2) is 0 Å². The van der Waals surface area contributed by atoms with Crippen LogP contribution in [0.3, 0.4) is 0 Å². The lowest BCUT2D eigenvalue weighted by Gasteiger charge is -2.37. The first kappa shape index (κ1) is 29.6. The van der Waals surface area contributed by atoms with Crippen LogP contribution < -0.4 is 16.0 Å². The fourth-order valence-corrected chi connectivity index (χ4v) is 7.10. The SMILES string of the molecule is CC(C)(C)[C@H](NC(=O)C(F)(F)F)C(=O)N1C[C@H]2[C@@H]([C@H]1C(=O)N[C@H](C#N)CC1Cc3ccccc3NC1=O)[C@H]1C=C[C@@H]2C1. The predicted molar refractivity (Wildman–Crippen MR) is 145 cm³/mol. The number of alkyl halides is 3. The second-order valence-corrected chi connectivity index (χ2v) is 12.9. The number of anilines is 1. The van der Waals surface area contributed by atoms with E-state index in [2.05, 4.69) is 22.8 Å². The van der Waals surface area contributed by atoms with Crippen LogP contribution in [0, 0.1) is 46.3 Å². The third kappa shape index (κ3) is 5.49. The molecule has 1 aromatic rings. The van der Waals surface area contributed by atoms with Gasteiger partial charge in [0.25, 0.3) is 0 Å². The molecular weight excluding hydrogens is 551 g/mol. The van der Waals surface area contributed by atoms with Crippen molar-refractivity contribution >= 4 is 29.3 Å². The van der Waals surface area contributed by atoms with Crippen LogP contribution in [0.25, 0.3) is 0 Å². The monoisotopic (exact) mass is 585 g/mol. The van der Waals surface area contributed by atoms with Gasteiger partial charge in [-0.05, 0) is 60.0 Å². The van der Waals surface area contributed by atoms with Crippen LogP contribution in [0.5, 0.6) is 0 Å². The number of nitrogens with zero attached hydrogens (tertiary/aromatic N) is 2. The number of carbonyl (C=O) groups is 4. The van der Waals surface area contributed by atoms with Crippen molar-refractivity contribution in [3.8, 4) is 6.07 Å². The lowest BCUT2D eigenvalue weighted by molar-refractivity contribution is -0.176. The second-order valence-electron chi connectivity index (χ2n) is 12.9. The van der Waals surface area contributed by atoms with Crippen LogP contribution in [-0.4, -0.2) is 59.4 Å². The minimum Gasteiger partial charge on any atom is -0.339 e. The number of hydrogen-bond acceptors (Lipinski definition) is 5. The lowest BCUT2D eigenvalue weighted by atomic mass is 9.81. The number of para-hydroxylation sites is 1. The van der Waals surface area contributed by atoms with E-state index in [-0.39, 0.29) is 42.5 Å². The van der Waals surface area contributed by atoms with Gasteiger partial charge in [-0.2, -0.15) is 18.4 Å². The highest BCUT2D eigenvalue weighted by Crippen LogP contribution is 2.54. The molecule has 2 fully saturated rings. The fourth-order valence-electron chi connectivity index (χ4n) is 7.10. The third-order valence-electron chi connectivity index (χ3n) is 9.10. The Morgan fingerprint density at radius 2 is 1.81 bits per heavy atom. The van der Waals surface area contributed by atoms with E-state index in [1.165, 1.54) is 4.90 Å². The van der Waals surface area contributed by atoms with Gasteiger partial charge in [0.15, 0.2) is 0 Å². The van der Waals surface area contributed by atoms with E-state index in [0.717, 1.165) is 12.0 Å². The molecule has 2 heterocycles. The highest BCUT2D eigenvalue weighted by molar-refractivity contribution is 5.96. The molecular formula is C30H34F3N5O4. The molecule has 8 atom stereocenters. The zero-order valence-corrected chi connectivity index (χ0v) is 23.6. The average Bonchev–Trinajstić information content (AvgIpc) is 3.63. The molecule has 2 aliphatic carbocycles. The number of carbonyl (C=O) groups excluding carboxylic acids is 4. The topological polar surface area (TPSA) is 131 Å². The summed E-state index contributed by atoms with van der Waals surface area (Å²) in [7, 11) is 0. The van der Waals surface area contributed by atoms with Crippen molar-refractivity contribution in [1.29, 1.82) is 5.26 Å². The van der Waals surface area contributed by atoms with E-state index < -0.39 is 53.4 Å². The number of rotatable bonds is 6. The fraction of sp³-hybridized carbons (Fsp3) is 0.567. The van der Waals surface area contributed by atoms with Gasteiger partial charge in [0.2, 0.25) is 17.7 Å². The highest BCUT2D eigenvalue weighted by Gasteiger charge is 2.59. The van der Waals surface area contributed by atoms with Gasteiger partial charge >= 0.3 is 12.1 Å². The van der Waals surface area contributed by atoms with E-state index in [1.807, 2.05) is 29.6 Å². The molecule has 1 saturated carbocycles. The summed E-state index contributed by atoms with van der Waals surface area (Å²) in [5.41, 5.74) is 0.537. The summed E-state index contributed by atoms with van der Waals surface area (Å²) in [5.74, 6) is -4.61. The Kier molecular flexibility index (Phi) is 7.58. The van der Waals surface area contributed by atoms with Crippen LogP contribution in [0.15, 0.2) is 36.4 Å². The molecule has 1 unspecified atom stereocenters. The summed E-state index contributed by atoms with van der Waals surface area (Å²) in [6.45, 7) is 4.79. The summed E-state index contributed by atoms with van der Waals surface area (Å²) < 4.78 is 39.5. The molecule has 1 aromatic carbocycles. The highest BCUT2D eigenvalue weighted by atomic mass is 19.4. The van der Waals surface area contributed by atoms with Crippen molar-refractivity contribution < 1.29 is 32.3 Å². The molecule has 5 rings (SSSR count). The molecule has 42 heavy (non-hydrogen) atoms. The molecule has 0 aromatic heterocycles. The zero-order valence-electron chi connectivity index (χ0n) is 23.6. The van der Waals surface area contributed by atoms with Gasteiger partial charge in [0.05, 0.1) is 6.07 Å². The van der Waals surface area contributed by atoms with Gasteiger partial charge in [-0.3, -0.25) is 19.2 Å². The maximum Gasteiger partial charge on any atom is 0.471 e. The van der Waals surface area contributed by atoms with Crippen molar-refractivity contribution in [2.24, 2.45) is 35.0 Å². The molecule has 9 nitrogen and oxygen atoms in total. The summed E-state index contributed by atoms with van der Waals surface area (Å²) >= 11 is 0. The van der Waals surface area contributed by atoms with Gasteiger partial charge in [0, 0.05) is 18.2 Å². The van der Waals surface area contributed by atoms with E-state index in [9.17, 15) is 37.6 Å². The standard InChI is InChI=1S/C30H34F3N5O4/c1-29(2,3)24(37-28(42)30(31,32)33)27(41)38-14-20-15-8-9-17(10-15)22(20)23(38)26(40)35-19(13-34)12-18-11-16-6-4-5-7-21(16)36-25(18)39/h4-9,15,17-20,22-24H,10-12,14H2,1-3H3,(H,35,40)(H,36,39)(H,37,42)/t15-,17+,18?,19+,20-,22+,23+,24-/m1/s1. The number of allylic oxidation sites excluding steroid dienone is 2. The number of hydrogen-bond donors (Lipinski definition) is 3. The van der Waals surface area contributed by atoms with Crippen LogP contribution in [0.1, 0.15) is 39.2 Å².